The highest BCUT2D eigenvalue weighted by molar-refractivity contribution is 6.01. The number of carbonyl (C=O) groups is 4. The van der Waals surface area contributed by atoms with Crippen molar-refractivity contribution >= 4 is 24.0 Å². The first-order valence-corrected chi connectivity index (χ1v) is 10.6. The van der Waals surface area contributed by atoms with Gasteiger partial charge in [-0.3, -0.25) is 24.5 Å². The van der Waals surface area contributed by atoms with Crippen molar-refractivity contribution in [2.75, 3.05) is 6.54 Å². The fraction of sp³-hybridized carbons (Fsp3) is 0.333. The molecule has 0 aliphatic carbocycles. The van der Waals surface area contributed by atoms with E-state index in [9.17, 15) is 28.0 Å². The Balaban J connectivity index is 1.90. The molecule has 3 N–H and O–H groups in total. The summed E-state index contributed by atoms with van der Waals surface area (Å²) in [5.41, 5.74) is 0.646. The van der Waals surface area contributed by atoms with E-state index in [0.717, 1.165) is 18.6 Å². The molecule has 0 spiro atoms. The van der Waals surface area contributed by atoms with E-state index < -0.39 is 35.4 Å². The molecule has 3 amide bonds. The van der Waals surface area contributed by atoms with E-state index in [2.05, 4.69) is 16.0 Å². The number of carbonyl (C=O) groups excluding carboxylic acids is 4. The largest absolute Gasteiger partial charge is 0.350 e. The molecule has 0 radical (unpaired) electrons. The second-order valence-corrected chi connectivity index (χ2v) is 7.66. The van der Waals surface area contributed by atoms with Crippen LogP contribution in [0.2, 0.25) is 0 Å². The molecule has 176 valence electrons. The van der Waals surface area contributed by atoms with Gasteiger partial charge in [0.25, 0.3) is 5.91 Å². The number of aldehydes is 1. The summed E-state index contributed by atoms with van der Waals surface area (Å²) in [5, 5.41) is 8.04. The molecule has 0 aliphatic rings. The Morgan fingerprint density at radius 3 is 2.36 bits per heavy atom. The Morgan fingerprint density at radius 1 is 1.06 bits per heavy atom. The number of halogens is 2. The molecule has 2 aromatic rings. The standard InChI is InChI=1S/C24H27F2N3O4/c1-3-6-20(13-27-24(33)21-8-5-4-7-17(21)14-30)28-15(2)23(32)29-22(31)11-16-9-18(25)12-19(26)10-16/h4-5,7-10,12,14-15,20,28H,3,6,11,13H2,1-2H3,(H,27,33)(H,29,31,32)/t15-,20?/m0/s1. The number of nitrogens with one attached hydrogen (secondary N) is 3. The predicted octanol–water partition coefficient (Wildman–Crippen LogP) is 2.54. The monoisotopic (exact) mass is 459 g/mol. The minimum atomic E-state index is -0.806. The van der Waals surface area contributed by atoms with Crippen molar-refractivity contribution < 1.29 is 28.0 Å². The molecular weight excluding hydrogens is 432 g/mol. The van der Waals surface area contributed by atoms with Gasteiger partial charge in [0.15, 0.2) is 6.29 Å². The van der Waals surface area contributed by atoms with Crippen LogP contribution in [0, 0.1) is 11.6 Å². The van der Waals surface area contributed by atoms with E-state index in [-0.39, 0.29) is 35.7 Å². The number of hydrogen-bond donors (Lipinski definition) is 3. The Bertz CT molecular complexity index is 993. The molecule has 9 heteroatoms. The third kappa shape index (κ3) is 8.19. The molecule has 33 heavy (non-hydrogen) atoms. The average Bonchev–Trinajstić information content (AvgIpc) is 2.76. The number of hydrogen-bond acceptors (Lipinski definition) is 5. The van der Waals surface area contributed by atoms with Crippen LogP contribution in [0.5, 0.6) is 0 Å². The lowest BCUT2D eigenvalue weighted by atomic mass is 10.1. The minimum absolute atomic E-state index is 0.112. The molecule has 0 heterocycles. The van der Waals surface area contributed by atoms with Crippen LogP contribution in [0.15, 0.2) is 42.5 Å². The SMILES string of the molecule is CCCC(CNC(=O)c1ccccc1C=O)N[C@@H](C)C(=O)NC(=O)Cc1cc(F)cc(F)c1. The molecule has 0 bridgehead atoms. The Kier molecular flexibility index (Phi) is 9.81. The number of rotatable bonds is 11. The maximum atomic E-state index is 13.3. The summed E-state index contributed by atoms with van der Waals surface area (Å²) in [5.74, 6) is -3.31. The van der Waals surface area contributed by atoms with Gasteiger partial charge in [-0.2, -0.15) is 0 Å². The number of imide groups is 1. The van der Waals surface area contributed by atoms with E-state index >= 15 is 0 Å². The molecule has 0 aromatic heterocycles. The van der Waals surface area contributed by atoms with Gasteiger partial charge in [-0.05, 0) is 37.1 Å². The number of benzene rings is 2. The Labute approximate surface area is 190 Å². The van der Waals surface area contributed by atoms with Crippen LogP contribution in [-0.2, 0) is 16.0 Å². The zero-order valence-corrected chi connectivity index (χ0v) is 18.5. The van der Waals surface area contributed by atoms with Crippen LogP contribution in [0.4, 0.5) is 8.78 Å². The van der Waals surface area contributed by atoms with Gasteiger partial charge in [0, 0.05) is 29.8 Å². The van der Waals surface area contributed by atoms with Crippen LogP contribution in [0.25, 0.3) is 0 Å². The van der Waals surface area contributed by atoms with Crippen LogP contribution in [0.3, 0.4) is 0 Å². The molecule has 2 rings (SSSR count). The third-order valence-electron chi connectivity index (χ3n) is 4.91. The maximum absolute atomic E-state index is 13.3. The molecule has 0 aliphatic heterocycles. The summed E-state index contributed by atoms with van der Waals surface area (Å²) in [4.78, 5) is 48.1. The molecule has 0 saturated heterocycles. The fourth-order valence-electron chi connectivity index (χ4n) is 3.33. The molecule has 2 atom stereocenters. The molecule has 0 fully saturated rings. The van der Waals surface area contributed by atoms with Crippen molar-refractivity contribution in [3.63, 3.8) is 0 Å². The average molecular weight is 459 g/mol. The highest BCUT2D eigenvalue weighted by Crippen LogP contribution is 2.09. The smallest absolute Gasteiger partial charge is 0.252 e. The van der Waals surface area contributed by atoms with Gasteiger partial charge in [-0.1, -0.05) is 31.5 Å². The first kappa shape index (κ1) is 25.8. The Morgan fingerprint density at radius 2 is 1.73 bits per heavy atom. The molecule has 1 unspecified atom stereocenters. The summed E-state index contributed by atoms with van der Waals surface area (Å²) in [6, 6.07) is 8.13. The van der Waals surface area contributed by atoms with Crippen molar-refractivity contribution in [3.8, 4) is 0 Å². The van der Waals surface area contributed by atoms with Crippen molar-refractivity contribution in [2.24, 2.45) is 0 Å². The van der Waals surface area contributed by atoms with Gasteiger partial charge >= 0.3 is 0 Å². The predicted molar refractivity (Wildman–Crippen MR) is 119 cm³/mol. The third-order valence-corrected chi connectivity index (χ3v) is 4.91. The van der Waals surface area contributed by atoms with E-state index in [0.29, 0.717) is 18.8 Å². The molecule has 0 saturated carbocycles. The lowest BCUT2D eigenvalue weighted by Gasteiger charge is -2.23. The van der Waals surface area contributed by atoms with Crippen molar-refractivity contribution in [3.05, 3.63) is 70.8 Å². The van der Waals surface area contributed by atoms with Gasteiger partial charge in [0.2, 0.25) is 11.8 Å². The first-order valence-electron chi connectivity index (χ1n) is 10.6. The van der Waals surface area contributed by atoms with E-state index in [4.69, 9.17) is 0 Å². The van der Waals surface area contributed by atoms with Crippen LogP contribution >= 0.6 is 0 Å². The van der Waals surface area contributed by atoms with Gasteiger partial charge in [-0.15, -0.1) is 0 Å². The molecule has 2 aromatic carbocycles. The summed E-state index contributed by atoms with van der Waals surface area (Å²) in [7, 11) is 0. The highest BCUT2D eigenvalue weighted by atomic mass is 19.1. The van der Waals surface area contributed by atoms with Gasteiger partial charge in [-0.25, -0.2) is 8.78 Å². The van der Waals surface area contributed by atoms with Crippen molar-refractivity contribution in [1.82, 2.24) is 16.0 Å². The van der Waals surface area contributed by atoms with E-state index in [1.54, 1.807) is 31.2 Å². The summed E-state index contributed by atoms with van der Waals surface area (Å²) >= 11 is 0. The Hall–Kier alpha value is -3.46. The highest BCUT2D eigenvalue weighted by Gasteiger charge is 2.21. The first-order chi connectivity index (χ1) is 15.7. The number of amides is 3. The summed E-state index contributed by atoms with van der Waals surface area (Å²) in [6.45, 7) is 3.72. The van der Waals surface area contributed by atoms with E-state index in [1.807, 2.05) is 6.92 Å². The quantitative estimate of drug-likeness (QED) is 0.448. The maximum Gasteiger partial charge on any atom is 0.252 e. The normalized spacial score (nSPS) is 12.5. The van der Waals surface area contributed by atoms with E-state index in [1.165, 1.54) is 0 Å². The lowest BCUT2D eigenvalue weighted by molar-refractivity contribution is -0.131. The zero-order valence-electron chi connectivity index (χ0n) is 18.5. The van der Waals surface area contributed by atoms with Crippen LogP contribution in [-0.4, -0.2) is 42.6 Å². The summed E-state index contributed by atoms with van der Waals surface area (Å²) in [6.07, 6.45) is 1.68. The van der Waals surface area contributed by atoms with Crippen molar-refractivity contribution in [2.45, 2.75) is 45.2 Å². The van der Waals surface area contributed by atoms with Crippen LogP contribution in [0.1, 0.15) is 53.0 Å². The van der Waals surface area contributed by atoms with Gasteiger partial charge in [0.1, 0.15) is 11.6 Å². The topological polar surface area (TPSA) is 104 Å². The van der Waals surface area contributed by atoms with Crippen molar-refractivity contribution in [1.29, 1.82) is 0 Å². The van der Waals surface area contributed by atoms with Gasteiger partial charge in [0.05, 0.1) is 12.5 Å². The lowest BCUT2D eigenvalue weighted by Crippen LogP contribution is -2.51. The second-order valence-electron chi connectivity index (χ2n) is 7.66. The van der Waals surface area contributed by atoms with Gasteiger partial charge < -0.3 is 10.6 Å². The second kappa shape index (κ2) is 12.5. The molecule has 7 nitrogen and oxygen atoms in total. The zero-order chi connectivity index (χ0) is 24.4. The summed E-state index contributed by atoms with van der Waals surface area (Å²) < 4.78 is 26.5. The van der Waals surface area contributed by atoms with Crippen LogP contribution < -0.4 is 16.0 Å². The minimum Gasteiger partial charge on any atom is -0.350 e. The molecular formula is C24H27F2N3O4. The fourth-order valence-corrected chi connectivity index (χ4v) is 3.33.